The van der Waals surface area contributed by atoms with Gasteiger partial charge in [-0.2, -0.15) is 0 Å². The van der Waals surface area contributed by atoms with Gasteiger partial charge in [-0.3, -0.25) is 15.1 Å². The summed E-state index contributed by atoms with van der Waals surface area (Å²) in [6.07, 6.45) is 2.65. The molecule has 0 saturated heterocycles. The Balaban J connectivity index is 1.78. The van der Waals surface area contributed by atoms with Crippen molar-refractivity contribution >= 4 is 22.8 Å². The van der Waals surface area contributed by atoms with E-state index in [1.807, 2.05) is 32.0 Å². The predicted octanol–water partition coefficient (Wildman–Crippen LogP) is 2.56. The van der Waals surface area contributed by atoms with Crippen LogP contribution >= 0.6 is 0 Å². The third-order valence-electron chi connectivity index (χ3n) is 4.29. The second-order valence-electron chi connectivity index (χ2n) is 5.92. The number of aromatic nitrogens is 4. The van der Waals surface area contributed by atoms with Gasteiger partial charge in [0, 0.05) is 10.9 Å². The molecule has 0 saturated carbocycles. The lowest BCUT2D eigenvalue weighted by Crippen LogP contribution is -2.17. The fourth-order valence-electron chi connectivity index (χ4n) is 3.11. The molecule has 1 aliphatic rings. The van der Waals surface area contributed by atoms with Crippen LogP contribution in [0.3, 0.4) is 0 Å². The van der Waals surface area contributed by atoms with Crippen molar-refractivity contribution in [1.82, 2.24) is 19.9 Å². The number of nitrogens with one attached hydrogen (secondary N) is 2. The number of hydrogen-bond donors (Lipinski definition) is 2. The summed E-state index contributed by atoms with van der Waals surface area (Å²) in [5, 5.41) is 4.08. The van der Waals surface area contributed by atoms with E-state index in [0.29, 0.717) is 11.9 Å². The zero-order chi connectivity index (χ0) is 16.0. The quantitative estimate of drug-likeness (QED) is 0.760. The molecule has 0 aliphatic heterocycles. The molecular weight excluding hydrogens is 290 g/mol. The predicted molar refractivity (Wildman–Crippen MR) is 89.2 cm³/mol. The van der Waals surface area contributed by atoms with Crippen LogP contribution < -0.4 is 10.9 Å². The van der Waals surface area contributed by atoms with Gasteiger partial charge in [-0.15, -0.1) is 0 Å². The van der Waals surface area contributed by atoms with Gasteiger partial charge in [0.1, 0.15) is 0 Å². The van der Waals surface area contributed by atoms with E-state index in [2.05, 4.69) is 25.3 Å². The first-order chi connectivity index (χ1) is 11.1. The molecule has 2 aromatic heterocycles. The van der Waals surface area contributed by atoms with Crippen molar-refractivity contribution in [3.8, 4) is 0 Å². The van der Waals surface area contributed by atoms with Crippen LogP contribution in [0.5, 0.6) is 0 Å². The average molecular weight is 307 g/mol. The fourth-order valence-corrected chi connectivity index (χ4v) is 3.11. The van der Waals surface area contributed by atoms with Gasteiger partial charge in [-0.1, -0.05) is 18.2 Å². The number of rotatable bonds is 2. The highest BCUT2D eigenvalue weighted by atomic mass is 16.1. The SMILES string of the molecule is Cc1nc(Nc2nc3c(c(=O)[nH]2)CCC3)nc2c(C)cccc12. The number of anilines is 2. The van der Waals surface area contributed by atoms with Gasteiger partial charge in [0.2, 0.25) is 11.9 Å². The van der Waals surface area contributed by atoms with Crippen LogP contribution in [0.4, 0.5) is 11.9 Å². The number of nitrogens with zero attached hydrogens (tertiary/aromatic N) is 3. The number of benzene rings is 1. The Kier molecular flexibility index (Phi) is 3.11. The number of fused-ring (bicyclic) bond motifs is 2. The van der Waals surface area contributed by atoms with Crippen molar-refractivity contribution in [2.75, 3.05) is 5.32 Å². The summed E-state index contributed by atoms with van der Waals surface area (Å²) in [4.78, 5) is 28.4. The Morgan fingerprint density at radius 2 is 2.00 bits per heavy atom. The van der Waals surface area contributed by atoms with Crippen LogP contribution in [-0.2, 0) is 12.8 Å². The summed E-state index contributed by atoms with van der Waals surface area (Å²) in [6.45, 7) is 3.97. The van der Waals surface area contributed by atoms with Crippen LogP contribution in [0.2, 0.25) is 0 Å². The van der Waals surface area contributed by atoms with E-state index < -0.39 is 0 Å². The lowest BCUT2D eigenvalue weighted by Gasteiger charge is -2.09. The maximum absolute atomic E-state index is 12.1. The summed E-state index contributed by atoms with van der Waals surface area (Å²) in [5.74, 6) is 0.855. The highest BCUT2D eigenvalue weighted by Gasteiger charge is 2.17. The van der Waals surface area contributed by atoms with Gasteiger partial charge in [-0.25, -0.2) is 15.0 Å². The van der Waals surface area contributed by atoms with E-state index >= 15 is 0 Å². The first kappa shape index (κ1) is 13.9. The largest absolute Gasteiger partial charge is 0.294 e. The van der Waals surface area contributed by atoms with Crippen molar-refractivity contribution in [3.05, 3.63) is 51.1 Å². The summed E-state index contributed by atoms with van der Waals surface area (Å²) in [6, 6.07) is 6.03. The van der Waals surface area contributed by atoms with E-state index in [0.717, 1.165) is 52.7 Å². The Morgan fingerprint density at radius 3 is 2.87 bits per heavy atom. The Bertz CT molecular complexity index is 977. The van der Waals surface area contributed by atoms with Crippen molar-refractivity contribution < 1.29 is 0 Å². The minimum atomic E-state index is -0.0660. The first-order valence-electron chi connectivity index (χ1n) is 7.75. The number of para-hydroxylation sites is 1. The summed E-state index contributed by atoms with van der Waals surface area (Å²) in [7, 11) is 0. The monoisotopic (exact) mass is 307 g/mol. The van der Waals surface area contributed by atoms with Crippen LogP contribution in [0.25, 0.3) is 10.9 Å². The van der Waals surface area contributed by atoms with Crippen LogP contribution in [-0.4, -0.2) is 19.9 Å². The minimum absolute atomic E-state index is 0.0660. The first-order valence-corrected chi connectivity index (χ1v) is 7.75. The van der Waals surface area contributed by atoms with Gasteiger partial charge in [0.15, 0.2) is 0 Å². The maximum atomic E-state index is 12.1. The van der Waals surface area contributed by atoms with E-state index in [1.54, 1.807) is 0 Å². The number of hydrogen-bond acceptors (Lipinski definition) is 5. The molecule has 0 fully saturated rings. The summed E-state index contributed by atoms with van der Waals surface area (Å²) in [5.41, 5.74) is 4.51. The Hall–Kier alpha value is -2.76. The third kappa shape index (κ3) is 2.36. The minimum Gasteiger partial charge on any atom is -0.294 e. The topological polar surface area (TPSA) is 83.6 Å². The third-order valence-corrected chi connectivity index (χ3v) is 4.29. The van der Waals surface area contributed by atoms with Gasteiger partial charge < -0.3 is 0 Å². The molecule has 0 bridgehead atoms. The maximum Gasteiger partial charge on any atom is 0.255 e. The molecule has 3 aromatic rings. The molecule has 0 spiro atoms. The van der Waals surface area contributed by atoms with Crippen LogP contribution in [0, 0.1) is 13.8 Å². The van der Waals surface area contributed by atoms with Crippen molar-refractivity contribution in [2.24, 2.45) is 0 Å². The number of H-pyrrole nitrogens is 1. The van der Waals surface area contributed by atoms with Gasteiger partial charge in [0.05, 0.1) is 16.9 Å². The number of aromatic amines is 1. The fraction of sp³-hybridized carbons (Fsp3) is 0.294. The lowest BCUT2D eigenvalue weighted by molar-refractivity contribution is 0.899. The molecular formula is C17H17N5O. The van der Waals surface area contributed by atoms with Gasteiger partial charge in [0.25, 0.3) is 5.56 Å². The molecule has 4 rings (SSSR count). The van der Waals surface area contributed by atoms with Crippen LogP contribution in [0.1, 0.15) is 28.9 Å². The van der Waals surface area contributed by atoms with Gasteiger partial charge >= 0.3 is 0 Å². The average Bonchev–Trinajstić information content (AvgIpc) is 2.97. The zero-order valence-electron chi connectivity index (χ0n) is 13.1. The molecule has 1 aromatic carbocycles. The highest BCUT2D eigenvalue weighted by Crippen LogP contribution is 2.22. The van der Waals surface area contributed by atoms with E-state index in [4.69, 9.17) is 0 Å². The zero-order valence-corrected chi connectivity index (χ0v) is 13.1. The Morgan fingerprint density at radius 1 is 1.13 bits per heavy atom. The molecule has 6 nitrogen and oxygen atoms in total. The molecule has 6 heteroatoms. The summed E-state index contributed by atoms with van der Waals surface area (Å²) < 4.78 is 0. The van der Waals surface area contributed by atoms with Gasteiger partial charge in [-0.05, 0) is 38.7 Å². The molecule has 0 unspecified atom stereocenters. The van der Waals surface area contributed by atoms with E-state index in [9.17, 15) is 4.79 Å². The Labute approximate surface area is 133 Å². The van der Waals surface area contributed by atoms with E-state index in [1.165, 1.54) is 0 Å². The van der Waals surface area contributed by atoms with Crippen molar-refractivity contribution in [2.45, 2.75) is 33.1 Å². The second-order valence-corrected chi connectivity index (χ2v) is 5.92. The number of aryl methyl sites for hydroxylation is 3. The summed E-state index contributed by atoms with van der Waals surface area (Å²) >= 11 is 0. The standard InChI is InChI=1S/C17H17N5O/c1-9-5-3-6-11-10(2)18-16(20-14(9)11)22-17-19-13-8-4-7-12(13)15(23)21-17/h3,5-6H,4,7-8H2,1-2H3,(H2,18,19,20,21,22,23). The molecule has 2 N–H and O–H groups in total. The highest BCUT2D eigenvalue weighted by molar-refractivity contribution is 5.84. The van der Waals surface area contributed by atoms with E-state index in [-0.39, 0.29) is 5.56 Å². The molecule has 116 valence electrons. The molecule has 1 aliphatic carbocycles. The van der Waals surface area contributed by atoms with Crippen LogP contribution in [0.15, 0.2) is 23.0 Å². The molecule has 0 radical (unpaired) electrons. The van der Waals surface area contributed by atoms with Crippen molar-refractivity contribution in [3.63, 3.8) is 0 Å². The second kappa shape index (κ2) is 5.15. The molecule has 0 atom stereocenters. The normalized spacial score (nSPS) is 13.3. The molecule has 0 amide bonds. The molecule has 2 heterocycles. The van der Waals surface area contributed by atoms with Crippen molar-refractivity contribution in [1.29, 1.82) is 0 Å². The molecule has 23 heavy (non-hydrogen) atoms. The smallest absolute Gasteiger partial charge is 0.255 e. The lowest BCUT2D eigenvalue weighted by atomic mass is 10.1.